The first-order valence-electron chi connectivity index (χ1n) is 5.55. The van der Waals surface area contributed by atoms with Gasteiger partial charge >= 0.3 is 0 Å². The lowest BCUT2D eigenvalue weighted by atomic mass is 10.3. The Morgan fingerprint density at radius 2 is 2.11 bits per heavy atom. The molecule has 6 heteroatoms. The molecule has 0 unspecified atom stereocenters. The second kappa shape index (κ2) is 5.03. The van der Waals surface area contributed by atoms with Gasteiger partial charge in [-0.3, -0.25) is 9.78 Å². The van der Waals surface area contributed by atoms with E-state index in [1.807, 2.05) is 17.5 Å². The van der Waals surface area contributed by atoms with E-state index in [9.17, 15) is 4.79 Å². The van der Waals surface area contributed by atoms with Crippen LogP contribution in [0.4, 0.5) is 5.69 Å². The molecule has 3 heterocycles. The summed E-state index contributed by atoms with van der Waals surface area (Å²) in [6.45, 7) is 0. The molecule has 94 valence electrons. The Hall–Kier alpha value is -2.47. The van der Waals surface area contributed by atoms with Crippen LogP contribution in [0, 0.1) is 0 Å². The molecule has 19 heavy (non-hydrogen) atoms. The molecular formula is C13H9N3O2S. The van der Waals surface area contributed by atoms with Gasteiger partial charge in [-0.15, -0.1) is 11.3 Å². The lowest BCUT2D eigenvalue weighted by molar-refractivity contribution is 0.101. The molecule has 0 aliphatic carbocycles. The van der Waals surface area contributed by atoms with Crippen molar-refractivity contribution < 1.29 is 9.32 Å². The third-order valence-electron chi connectivity index (χ3n) is 2.45. The molecule has 0 aliphatic rings. The Kier molecular flexibility index (Phi) is 3.07. The molecule has 0 saturated heterocycles. The normalized spacial score (nSPS) is 10.3. The fourth-order valence-corrected chi connectivity index (χ4v) is 2.22. The number of aromatic nitrogens is 2. The number of hydrogen-bond acceptors (Lipinski definition) is 5. The molecule has 0 bridgehead atoms. The minimum absolute atomic E-state index is 0.250. The van der Waals surface area contributed by atoms with Crippen molar-refractivity contribution >= 4 is 22.9 Å². The molecule has 3 aromatic rings. The first-order valence-corrected chi connectivity index (χ1v) is 6.43. The van der Waals surface area contributed by atoms with Gasteiger partial charge in [0.25, 0.3) is 5.91 Å². The fourth-order valence-electron chi connectivity index (χ4n) is 1.55. The van der Waals surface area contributed by atoms with Gasteiger partial charge in [0.1, 0.15) is 0 Å². The van der Waals surface area contributed by atoms with Crippen LogP contribution in [-0.4, -0.2) is 16.0 Å². The topological polar surface area (TPSA) is 68.0 Å². The van der Waals surface area contributed by atoms with Gasteiger partial charge in [0.2, 0.25) is 0 Å². The zero-order chi connectivity index (χ0) is 13.1. The van der Waals surface area contributed by atoms with Gasteiger partial charge in [-0.25, -0.2) is 0 Å². The summed E-state index contributed by atoms with van der Waals surface area (Å²) in [5.74, 6) is 0.285. The van der Waals surface area contributed by atoms with Crippen LogP contribution >= 0.6 is 11.3 Å². The van der Waals surface area contributed by atoms with Gasteiger partial charge in [-0.2, -0.15) is 0 Å². The molecule has 0 fully saturated rings. The first kappa shape index (κ1) is 11.6. The van der Waals surface area contributed by atoms with Gasteiger partial charge in [-0.1, -0.05) is 11.2 Å². The minimum Gasteiger partial charge on any atom is -0.355 e. The summed E-state index contributed by atoms with van der Waals surface area (Å²) in [7, 11) is 0. The van der Waals surface area contributed by atoms with E-state index in [2.05, 4.69) is 15.5 Å². The van der Waals surface area contributed by atoms with Crippen molar-refractivity contribution in [2.75, 3.05) is 5.32 Å². The van der Waals surface area contributed by atoms with Crippen molar-refractivity contribution in [3.05, 3.63) is 53.8 Å². The highest BCUT2D eigenvalue weighted by molar-refractivity contribution is 7.13. The molecule has 0 spiro atoms. The van der Waals surface area contributed by atoms with E-state index in [0.29, 0.717) is 11.4 Å². The summed E-state index contributed by atoms with van der Waals surface area (Å²) in [4.78, 5) is 16.8. The van der Waals surface area contributed by atoms with Crippen LogP contribution in [0.15, 0.2) is 52.6 Å². The number of amides is 1. The zero-order valence-corrected chi connectivity index (χ0v) is 10.6. The fraction of sp³-hybridized carbons (Fsp3) is 0. The number of rotatable bonds is 3. The highest BCUT2D eigenvalue weighted by Gasteiger charge is 2.14. The highest BCUT2D eigenvalue weighted by atomic mass is 32.1. The summed E-state index contributed by atoms with van der Waals surface area (Å²) in [6.07, 6.45) is 3.21. The van der Waals surface area contributed by atoms with Gasteiger partial charge in [0.05, 0.1) is 4.88 Å². The second-order valence-electron chi connectivity index (χ2n) is 3.74. The molecular weight excluding hydrogens is 262 g/mol. The molecule has 0 atom stereocenters. The van der Waals surface area contributed by atoms with E-state index >= 15 is 0 Å². The van der Waals surface area contributed by atoms with E-state index in [1.54, 1.807) is 30.6 Å². The Morgan fingerprint density at radius 3 is 2.84 bits per heavy atom. The maximum Gasteiger partial charge on any atom is 0.277 e. The van der Waals surface area contributed by atoms with E-state index in [-0.39, 0.29) is 11.6 Å². The van der Waals surface area contributed by atoms with Crippen LogP contribution in [0.1, 0.15) is 10.5 Å². The number of carbonyl (C=O) groups excluding carboxylic acids is 1. The number of nitrogens with zero attached hydrogens (tertiary/aromatic N) is 2. The van der Waals surface area contributed by atoms with Crippen LogP contribution in [-0.2, 0) is 0 Å². The Bertz CT molecular complexity index is 677. The maximum absolute atomic E-state index is 11.9. The van der Waals surface area contributed by atoms with Gasteiger partial charge in [0.15, 0.2) is 11.5 Å². The smallest absolute Gasteiger partial charge is 0.277 e. The number of hydrogen-bond donors (Lipinski definition) is 1. The molecule has 0 saturated carbocycles. The Labute approximate surface area is 112 Å². The summed E-state index contributed by atoms with van der Waals surface area (Å²) >= 11 is 1.53. The predicted molar refractivity (Wildman–Crippen MR) is 72.0 cm³/mol. The Morgan fingerprint density at radius 1 is 1.26 bits per heavy atom. The van der Waals surface area contributed by atoms with Crippen LogP contribution < -0.4 is 5.32 Å². The predicted octanol–water partition coefficient (Wildman–Crippen LogP) is 3.05. The van der Waals surface area contributed by atoms with Crippen LogP contribution in [0.2, 0.25) is 0 Å². The van der Waals surface area contributed by atoms with Gasteiger partial charge < -0.3 is 9.84 Å². The summed E-state index contributed by atoms with van der Waals surface area (Å²) in [5, 5.41) is 8.43. The third-order valence-corrected chi connectivity index (χ3v) is 3.33. The number of anilines is 1. The largest absolute Gasteiger partial charge is 0.355 e. The van der Waals surface area contributed by atoms with Gasteiger partial charge in [-0.05, 0) is 23.6 Å². The molecule has 0 aliphatic heterocycles. The number of carbonyl (C=O) groups is 1. The Balaban J connectivity index is 1.78. The molecule has 0 aromatic carbocycles. The molecule has 1 amide bonds. The van der Waals surface area contributed by atoms with Crippen LogP contribution in [0.25, 0.3) is 10.6 Å². The molecule has 0 radical (unpaired) electrons. The molecule has 5 nitrogen and oxygen atoms in total. The van der Waals surface area contributed by atoms with Crippen LogP contribution in [0.5, 0.6) is 0 Å². The SMILES string of the molecule is O=C(Nc1ccncc1)c1cc(-c2cccs2)on1. The standard InChI is InChI=1S/C13H9N3O2S/c17-13(15-9-3-5-14-6-4-9)10-8-11(18-16-10)12-2-1-7-19-12/h1-8H,(H,14,15,17). The second-order valence-corrected chi connectivity index (χ2v) is 4.69. The quantitative estimate of drug-likeness (QED) is 0.795. The van der Waals surface area contributed by atoms with E-state index in [0.717, 1.165) is 4.88 Å². The van der Waals surface area contributed by atoms with Crippen molar-refractivity contribution in [3.8, 4) is 10.6 Å². The van der Waals surface area contributed by atoms with Crippen LogP contribution in [0.3, 0.4) is 0 Å². The lowest BCUT2D eigenvalue weighted by Gasteiger charge is -2.00. The summed E-state index contributed by atoms with van der Waals surface area (Å²) < 4.78 is 5.16. The van der Waals surface area contributed by atoms with Crippen molar-refractivity contribution in [1.82, 2.24) is 10.1 Å². The third kappa shape index (κ3) is 2.53. The van der Waals surface area contributed by atoms with E-state index < -0.39 is 0 Å². The van der Waals surface area contributed by atoms with Crippen molar-refractivity contribution in [2.45, 2.75) is 0 Å². The highest BCUT2D eigenvalue weighted by Crippen LogP contribution is 2.25. The van der Waals surface area contributed by atoms with Crippen molar-refractivity contribution in [1.29, 1.82) is 0 Å². The van der Waals surface area contributed by atoms with E-state index in [4.69, 9.17) is 4.52 Å². The molecule has 3 rings (SSSR count). The summed E-state index contributed by atoms with van der Waals surface area (Å²) in [6, 6.07) is 8.87. The number of thiophene rings is 1. The minimum atomic E-state index is -0.308. The van der Waals surface area contributed by atoms with Crippen molar-refractivity contribution in [3.63, 3.8) is 0 Å². The molecule has 3 aromatic heterocycles. The zero-order valence-electron chi connectivity index (χ0n) is 9.74. The lowest BCUT2D eigenvalue weighted by Crippen LogP contribution is -2.11. The monoisotopic (exact) mass is 271 g/mol. The average molecular weight is 271 g/mol. The first-order chi connectivity index (χ1) is 9.33. The maximum atomic E-state index is 11.9. The van der Waals surface area contributed by atoms with E-state index in [1.165, 1.54) is 11.3 Å². The summed E-state index contributed by atoms with van der Waals surface area (Å²) in [5.41, 5.74) is 0.917. The average Bonchev–Trinajstić information content (AvgIpc) is 3.11. The number of nitrogens with one attached hydrogen (secondary N) is 1. The molecule has 1 N–H and O–H groups in total. The van der Waals surface area contributed by atoms with Crippen molar-refractivity contribution in [2.24, 2.45) is 0 Å². The number of pyridine rings is 1. The van der Waals surface area contributed by atoms with Gasteiger partial charge in [0, 0.05) is 24.1 Å².